The Labute approximate surface area is 99.9 Å². The number of rotatable bonds is 5. The van der Waals surface area contributed by atoms with E-state index in [1.165, 1.54) is 0 Å². The van der Waals surface area contributed by atoms with Crippen molar-refractivity contribution in [1.82, 2.24) is 19.9 Å². The fraction of sp³-hybridized carbons (Fsp3) is 0.333. The molecular formula is C12H16N4O. The lowest BCUT2D eigenvalue weighted by atomic mass is 10.3. The minimum absolute atomic E-state index is 0.0574. The molecule has 2 rings (SSSR count). The predicted octanol–water partition coefficient (Wildman–Crippen LogP) is 1.55. The highest BCUT2D eigenvalue weighted by Gasteiger charge is 2.09. The lowest BCUT2D eigenvalue weighted by Crippen LogP contribution is -2.25. The number of H-pyrrole nitrogens is 1. The van der Waals surface area contributed by atoms with Gasteiger partial charge in [-0.2, -0.15) is 0 Å². The fourth-order valence-corrected chi connectivity index (χ4v) is 1.70. The minimum atomic E-state index is -0.0574. The quantitative estimate of drug-likeness (QED) is 0.821. The van der Waals surface area contributed by atoms with Crippen LogP contribution in [0.1, 0.15) is 29.5 Å². The molecule has 2 aromatic heterocycles. The van der Waals surface area contributed by atoms with Crippen molar-refractivity contribution in [3.63, 3.8) is 0 Å². The third-order valence-corrected chi connectivity index (χ3v) is 2.52. The summed E-state index contributed by atoms with van der Waals surface area (Å²) in [5.41, 5.74) is 1.60. The Kier molecular flexibility index (Phi) is 3.59. The van der Waals surface area contributed by atoms with Gasteiger partial charge >= 0.3 is 0 Å². The van der Waals surface area contributed by atoms with E-state index in [4.69, 9.17) is 0 Å². The monoisotopic (exact) mass is 232 g/mol. The Bertz CT molecular complexity index is 472. The topological polar surface area (TPSA) is 62.7 Å². The molecule has 5 heteroatoms. The maximum Gasteiger partial charge on any atom is 0.268 e. The van der Waals surface area contributed by atoms with Crippen LogP contribution in [-0.2, 0) is 13.1 Å². The van der Waals surface area contributed by atoms with E-state index in [-0.39, 0.29) is 5.91 Å². The molecule has 1 amide bonds. The molecule has 0 saturated heterocycles. The molecule has 0 aromatic carbocycles. The van der Waals surface area contributed by atoms with Crippen molar-refractivity contribution in [2.24, 2.45) is 0 Å². The van der Waals surface area contributed by atoms with E-state index < -0.39 is 0 Å². The summed E-state index contributed by atoms with van der Waals surface area (Å²) in [6.45, 7) is 3.42. The van der Waals surface area contributed by atoms with Gasteiger partial charge in [-0.15, -0.1) is 0 Å². The average Bonchev–Trinajstić information content (AvgIpc) is 2.97. The molecule has 0 aliphatic carbocycles. The number of nitrogens with zero attached hydrogens (tertiary/aromatic N) is 2. The number of nitrogens with one attached hydrogen (secondary N) is 2. The summed E-state index contributed by atoms with van der Waals surface area (Å²) in [6, 6.07) is 3.72. The number of carbonyl (C=O) groups is 1. The molecular weight excluding hydrogens is 216 g/mol. The number of imidazole rings is 1. The number of amides is 1. The molecule has 0 atom stereocenters. The van der Waals surface area contributed by atoms with Crippen LogP contribution >= 0.6 is 0 Å². The van der Waals surface area contributed by atoms with Crippen molar-refractivity contribution in [3.8, 4) is 0 Å². The first-order valence-electron chi connectivity index (χ1n) is 5.72. The van der Waals surface area contributed by atoms with E-state index in [2.05, 4.69) is 22.2 Å². The number of aromatic nitrogens is 3. The van der Waals surface area contributed by atoms with Gasteiger partial charge in [0.15, 0.2) is 0 Å². The van der Waals surface area contributed by atoms with E-state index in [9.17, 15) is 4.79 Å². The standard InChI is InChI=1S/C12H16N4O/c1-2-5-16-6-3-4-11(16)12(17)14-8-10-7-13-9-15-10/h3-4,6-7,9H,2,5,8H2,1H3,(H,13,15)(H,14,17). The van der Waals surface area contributed by atoms with Crippen LogP contribution in [0.15, 0.2) is 30.9 Å². The van der Waals surface area contributed by atoms with Crippen LogP contribution < -0.4 is 5.32 Å². The normalized spacial score (nSPS) is 10.4. The zero-order chi connectivity index (χ0) is 12.1. The third kappa shape index (κ3) is 2.75. The van der Waals surface area contributed by atoms with Crippen LogP contribution in [0.5, 0.6) is 0 Å². The van der Waals surface area contributed by atoms with Gasteiger partial charge in [0.1, 0.15) is 5.69 Å². The Hall–Kier alpha value is -2.04. The van der Waals surface area contributed by atoms with Crippen LogP contribution in [0.4, 0.5) is 0 Å². The van der Waals surface area contributed by atoms with Crippen LogP contribution in [0, 0.1) is 0 Å². The van der Waals surface area contributed by atoms with Crippen molar-refractivity contribution in [2.75, 3.05) is 0 Å². The smallest absolute Gasteiger partial charge is 0.268 e. The van der Waals surface area contributed by atoms with Gasteiger partial charge in [-0.05, 0) is 18.6 Å². The van der Waals surface area contributed by atoms with Gasteiger partial charge in [0.2, 0.25) is 0 Å². The summed E-state index contributed by atoms with van der Waals surface area (Å²) < 4.78 is 1.96. The van der Waals surface area contributed by atoms with Crippen LogP contribution in [0.2, 0.25) is 0 Å². The zero-order valence-electron chi connectivity index (χ0n) is 9.81. The van der Waals surface area contributed by atoms with Crippen LogP contribution in [-0.4, -0.2) is 20.4 Å². The molecule has 0 spiro atoms. The highest BCUT2D eigenvalue weighted by molar-refractivity contribution is 5.92. The van der Waals surface area contributed by atoms with Gasteiger partial charge < -0.3 is 14.9 Å². The first-order chi connectivity index (χ1) is 8.31. The van der Waals surface area contributed by atoms with Crippen molar-refractivity contribution in [1.29, 1.82) is 0 Å². The highest BCUT2D eigenvalue weighted by atomic mass is 16.1. The molecule has 0 fully saturated rings. The first-order valence-corrected chi connectivity index (χ1v) is 5.72. The molecule has 0 aliphatic rings. The maximum absolute atomic E-state index is 11.9. The Balaban J connectivity index is 1.97. The molecule has 90 valence electrons. The minimum Gasteiger partial charge on any atom is -0.347 e. The molecule has 2 heterocycles. The van der Waals surface area contributed by atoms with Gasteiger partial charge in [-0.1, -0.05) is 6.92 Å². The van der Waals surface area contributed by atoms with Crippen LogP contribution in [0.25, 0.3) is 0 Å². The number of hydrogen-bond donors (Lipinski definition) is 2. The molecule has 17 heavy (non-hydrogen) atoms. The van der Waals surface area contributed by atoms with Crippen molar-refractivity contribution >= 4 is 5.91 Å². The summed E-state index contributed by atoms with van der Waals surface area (Å²) in [6.07, 6.45) is 6.23. The number of carbonyl (C=O) groups excluding carboxylic acids is 1. The van der Waals surface area contributed by atoms with Gasteiger partial charge in [0.05, 0.1) is 18.6 Å². The summed E-state index contributed by atoms with van der Waals surface area (Å²) in [5, 5.41) is 2.86. The summed E-state index contributed by atoms with van der Waals surface area (Å²) in [5.74, 6) is -0.0574. The van der Waals surface area contributed by atoms with E-state index in [1.807, 2.05) is 22.9 Å². The number of hydrogen-bond acceptors (Lipinski definition) is 2. The molecule has 2 N–H and O–H groups in total. The maximum atomic E-state index is 11.9. The second-order valence-electron chi connectivity index (χ2n) is 3.85. The summed E-state index contributed by atoms with van der Waals surface area (Å²) in [4.78, 5) is 18.8. The molecule has 0 aliphatic heterocycles. The van der Waals surface area contributed by atoms with Crippen molar-refractivity contribution in [3.05, 3.63) is 42.2 Å². The Morgan fingerprint density at radius 1 is 1.59 bits per heavy atom. The van der Waals surface area contributed by atoms with Crippen LogP contribution in [0.3, 0.4) is 0 Å². The molecule has 2 aromatic rings. The van der Waals surface area contributed by atoms with Gasteiger partial charge in [0.25, 0.3) is 5.91 Å². The summed E-state index contributed by atoms with van der Waals surface area (Å²) >= 11 is 0. The van der Waals surface area contributed by atoms with Gasteiger partial charge in [0, 0.05) is 18.9 Å². The lowest BCUT2D eigenvalue weighted by Gasteiger charge is -2.07. The molecule has 0 radical (unpaired) electrons. The molecule has 0 bridgehead atoms. The highest BCUT2D eigenvalue weighted by Crippen LogP contribution is 2.04. The fourth-order valence-electron chi connectivity index (χ4n) is 1.70. The SMILES string of the molecule is CCCn1cccc1C(=O)NCc1cnc[nH]1. The zero-order valence-corrected chi connectivity index (χ0v) is 9.81. The Morgan fingerprint density at radius 2 is 2.47 bits per heavy atom. The number of aromatic amines is 1. The number of aryl methyl sites for hydroxylation is 1. The summed E-state index contributed by atoms with van der Waals surface area (Å²) in [7, 11) is 0. The van der Waals surface area contributed by atoms with E-state index in [1.54, 1.807) is 12.5 Å². The largest absolute Gasteiger partial charge is 0.347 e. The average molecular weight is 232 g/mol. The van der Waals surface area contributed by atoms with E-state index >= 15 is 0 Å². The Morgan fingerprint density at radius 3 is 3.18 bits per heavy atom. The first kappa shape index (κ1) is 11.4. The van der Waals surface area contributed by atoms with E-state index in [0.29, 0.717) is 12.2 Å². The third-order valence-electron chi connectivity index (χ3n) is 2.52. The predicted molar refractivity (Wildman–Crippen MR) is 64.5 cm³/mol. The van der Waals surface area contributed by atoms with Gasteiger partial charge in [-0.3, -0.25) is 4.79 Å². The molecule has 0 unspecified atom stereocenters. The van der Waals surface area contributed by atoms with Gasteiger partial charge in [-0.25, -0.2) is 4.98 Å². The second kappa shape index (κ2) is 5.34. The van der Waals surface area contributed by atoms with Crippen molar-refractivity contribution < 1.29 is 4.79 Å². The second-order valence-corrected chi connectivity index (χ2v) is 3.85. The molecule has 0 saturated carbocycles. The van der Waals surface area contributed by atoms with E-state index in [0.717, 1.165) is 18.7 Å². The van der Waals surface area contributed by atoms with Crippen molar-refractivity contribution in [2.45, 2.75) is 26.4 Å². The lowest BCUT2D eigenvalue weighted by molar-refractivity contribution is 0.0941. The molecule has 5 nitrogen and oxygen atoms in total.